The predicted molar refractivity (Wildman–Crippen MR) is 160 cm³/mol. The number of Topliss-reactive ketones (excluding diaryl/α,β-unsaturated/α-hetero) is 2. The number of benzene rings is 1. The number of fused-ring (bicyclic) bond motifs is 5. The number of carbonyl (C=O) groups excluding carboxylic acids is 4. The fourth-order valence-electron chi connectivity index (χ4n) is 9.35. The second kappa shape index (κ2) is 12.1. The molecule has 0 amide bonds. The van der Waals surface area contributed by atoms with Crippen molar-refractivity contribution in [3.63, 3.8) is 0 Å². The van der Waals surface area contributed by atoms with Crippen LogP contribution >= 0.6 is 0 Å². The number of carbonyl (C=O) groups is 4. The summed E-state index contributed by atoms with van der Waals surface area (Å²) in [6.07, 6.45) is 9.64. The number of allylic oxidation sites excluding steroid dienone is 1. The third-order valence-corrected chi connectivity index (χ3v) is 11.7. The average molecular weight is 577 g/mol. The Labute approximate surface area is 251 Å². The molecule has 4 aliphatic carbocycles. The van der Waals surface area contributed by atoms with E-state index in [0.29, 0.717) is 49.2 Å². The van der Waals surface area contributed by atoms with Crippen LogP contribution in [0.2, 0.25) is 0 Å². The normalized spacial score (nSPS) is 35.1. The van der Waals surface area contributed by atoms with Crippen LogP contribution in [-0.4, -0.2) is 36.2 Å². The zero-order valence-electron chi connectivity index (χ0n) is 26.0. The predicted octanol–water partition coefficient (Wildman–Crippen LogP) is 7.15. The molecular formula is C36H48O6. The lowest BCUT2D eigenvalue weighted by atomic mass is 9.47. The first-order valence-corrected chi connectivity index (χ1v) is 16.1. The van der Waals surface area contributed by atoms with Crippen LogP contribution in [0.3, 0.4) is 0 Å². The number of rotatable bonds is 9. The number of hydrogen-bond acceptors (Lipinski definition) is 6. The first kappa shape index (κ1) is 30.7. The Morgan fingerprint density at radius 1 is 1.00 bits per heavy atom. The van der Waals surface area contributed by atoms with E-state index in [1.807, 2.05) is 32.0 Å². The van der Waals surface area contributed by atoms with Crippen LogP contribution in [0.5, 0.6) is 0 Å². The quantitative estimate of drug-likeness (QED) is 0.229. The van der Waals surface area contributed by atoms with Crippen LogP contribution in [0, 0.1) is 46.3 Å². The Morgan fingerprint density at radius 2 is 1.74 bits per heavy atom. The van der Waals surface area contributed by atoms with Gasteiger partial charge in [0, 0.05) is 38.0 Å². The molecule has 228 valence electrons. The Bertz CT molecular complexity index is 1230. The van der Waals surface area contributed by atoms with E-state index in [9.17, 15) is 19.2 Å². The summed E-state index contributed by atoms with van der Waals surface area (Å²) >= 11 is 0. The molecule has 0 spiro atoms. The van der Waals surface area contributed by atoms with E-state index in [1.54, 1.807) is 12.1 Å². The molecule has 0 aliphatic heterocycles. The first-order valence-electron chi connectivity index (χ1n) is 16.1. The second-order valence-corrected chi connectivity index (χ2v) is 14.3. The van der Waals surface area contributed by atoms with Crippen molar-refractivity contribution in [1.29, 1.82) is 0 Å². The smallest absolute Gasteiger partial charge is 0.338 e. The van der Waals surface area contributed by atoms with Gasteiger partial charge in [-0.1, -0.05) is 57.5 Å². The van der Waals surface area contributed by atoms with Crippen molar-refractivity contribution in [3.8, 4) is 0 Å². The van der Waals surface area contributed by atoms with Crippen molar-refractivity contribution in [2.24, 2.45) is 46.3 Å². The maximum Gasteiger partial charge on any atom is 0.338 e. The molecule has 6 nitrogen and oxygen atoms in total. The minimum atomic E-state index is -0.300. The largest absolute Gasteiger partial charge is 0.466 e. The minimum Gasteiger partial charge on any atom is -0.466 e. The third-order valence-electron chi connectivity index (χ3n) is 11.7. The molecule has 0 bridgehead atoms. The summed E-state index contributed by atoms with van der Waals surface area (Å²) in [5.41, 5.74) is 1.94. The van der Waals surface area contributed by atoms with E-state index < -0.39 is 0 Å². The molecule has 0 radical (unpaired) electrons. The number of hydrogen-bond donors (Lipinski definition) is 0. The molecule has 0 saturated heterocycles. The summed E-state index contributed by atoms with van der Waals surface area (Å²) in [4.78, 5) is 50.8. The molecule has 1 unspecified atom stereocenters. The maximum atomic E-state index is 13.6. The molecule has 1 aromatic rings. The van der Waals surface area contributed by atoms with Crippen molar-refractivity contribution in [3.05, 3.63) is 47.5 Å². The summed E-state index contributed by atoms with van der Waals surface area (Å²) in [6, 6.07) is 9.22. The molecule has 3 fully saturated rings. The highest BCUT2D eigenvalue weighted by Crippen LogP contribution is 2.66. The van der Waals surface area contributed by atoms with Gasteiger partial charge in [-0.25, -0.2) is 4.79 Å². The highest BCUT2D eigenvalue weighted by molar-refractivity contribution is 5.92. The van der Waals surface area contributed by atoms with Crippen molar-refractivity contribution < 1.29 is 28.7 Å². The van der Waals surface area contributed by atoms with Gasteiger partial charge in [0.25, 0.3) is 0 Å². The summed E-state index contributed by atoms with van der Waals surface area (Å²) < 4.78 is 11.1. The van der Waals surface area contributed by atoms with E-state index in [-0.39, 0.29) is 58.2 Å². The van der Waals surface area contributed by atoms with Gasteiger partial charge in [0.05, 0.1) is 12.2 Å². The monoisotopic (exact) mass is 576 g/mol. The van der Waals surface area contributed by atoms with E-state index in [1.165, 1.54) is 12.5 Å². The minimum absolute atomic E-state index is 0.0700. The SMILES string of the molecule is CC(=O)OC[C@H](C)CCC(=O)[C@@H](C)[C@H]1C(=O)C[C@H]2[C@@H]3CC=C4CC(OC(=O)c5ccccc5)CC[C@]4(C)[C@H]3CC[C@]12C. The highest BCUT2D eigenvalue weighted by atomic mass is 16.5. The number of ketones is 2. The topological polar surface area (TPSA) is 86.7 Å². The molecule has 0 heterocycles. The van der Waals surface area contributed by atoms with E-state index in [0.717, 1.165) is 38.5 Å². The summed E-state index contributed by atoms with van der Waals surface area (Å²) in [7, 11) is 0. The molecule has 6 heteroatoms. The zero-order chi connectivity index (χ0) is 30.2. The van der Waals surface area contributed by atoms with Crippen LogP contribution in [0.25, 0.3) is 0 Å². The molecule has 4 aliphatic rings. The summed E-state index contributed by atoms with van der Waals surface area (Å²) in [5, 5.41) is 0. The zero-order valence-corrected chi connectivity index (χ0v) is 26.0. The standard InChI is InChI=1S/C36H48O6/c1-22(21-41-24(3)37)11-14-31(38)23(2)33-32(39)20-30-28-13-12-26-19-27(42-34(40)25-9-7-6-8-10-25)15-17-35(26,4)29(28)16-18-36(30,33)5/h6-10,12,22-23,27-30,33H,11,13-21H2,1-5H3/t22-,23-,27?,28-,29+,30+,33+,35+,36+/m1/s1. The Hall–Kier alpha value is -2.76. The van der Waals surface area contributed by atoms with Crippen molar-refractivity contribution >= 4 is 23.5 Å². The van der Waals surface area contributed by atoms with Crippen LogP contribution in [0.1, 0.15) is 103 Å². The highest BCUT2D eigenvalue weighted by Gasteiger charge is 2.62. The van der Waals surface area contributed by atoms with Gasteiger partial charge < -0.3 is 9.47 Å². The van der Waals surface area contributed by atoms with E-state index >= 15 is 0 Å². The maximum absolute atomic E-state index is 13.6. The summed E-state index contributed by atoms with van der Waals surface area (Å²) in [6.45, 7) is 10.4. The second-order valence-electron chi connectivity index (χ2n) is 14.3. The molecule has 1 aromatic carbocycles. The fraction of sp³-hybridized carbons (Fsp3) is 0.667. The molecule has 0 aromatic heterocycles. The lowest BCUT2D eigenvalue weighted by molar-refractivity contribution is -0.142. The molecule has 3 saturated carbocycles. The fourth-order valence-corrected chi connectivity index (χ4v) is 9.35. The Morgan fingerprint density at radius 3 is 2.45 bits per heavy atom. The Kier molecular flexibility index (Phi) is 8.83. The Balaban J connectivity index is 1.25. The third kappa shape index (κ3) is 5.75. The van der Waals surface area contributed by atoms with Gasteiger partial charge in [-0.05, 0) is 85.2 Å². The van der Waals surface area contributed by atoms with Gasteiger partial charge in [-0.15, -0.1) is 0 Å². The van der Waals surface area contributed by atoms with Crippen molar-refractivity contribution in [2.45, 2.75) is 98.5 Å². The van der Waals surface area contributed by atoms with Gasteiger partial charge in [0.15, 0.2) is 0 Å². The molecule has 0 N–H and O–H groups in total. The van der Waals surface area contributed by atoms with Gasteiger partial charge in [-0.2, -0.15) is 0 Å². The van der Waals surface area contributed by atoms with E-state index in [2.05, 4.69) is 19.9 Å². The van der Waals surface area contributed by atoms with Gasteiger partial charge in [-0.3, -0.25) is 14.4 Å². The van der Waals surface area contributed by atoms with Gasteiger partial charge in [0.1, 0.15) is 17.7 Å². The van der Waals surface area contributed by atoms with Crippen molar-refractivity contribution in [1.82, 2.24) is 0 Å². The average Bonchev–Trinajstić information content (AvgIpc) is 3.24. The van der Waals surface area contributed by atoms with Crippen LogP contribution < -0.4 is 0 Å². The number of esters is 2. The lowest BCUT2D eigenvalue weighted by Crippen LogP contribution is -2.51. The molecule has 9 atom stereocenters. The molecular weight excluding hydrogens is 528 g/mol. The molecule has 42 heavy (non-hydrogen) atoms. The summed E-state index contributed by atoms with van der Waals surface area (Å²) in [5.74, 6) is 0.759. The first-order chi connectivity index (χ1) is 19.9. The van der Waals surface area contributed by atoms with Gasteiger partial charge >= 0.3 is 11.9 Å². The van der Waals surface area contributed by atoms with Crippen molar-refractivity contribution in [2.75, 3.05) is 6.61 Å². The molecule has 5 rings (SSSR count). The van der Waals surface area contributed by atoms with Gasteiger partial charge in [0.2, 0.25) is 0 Å². The number of ether oxygens (including phenoxy) is 2. The van der Waals surface area contributed by atoms with E-state index in [4.69, 9.17) is 9.47 Å². The lowest BCUT2D eigenvalue weighted by Gasteiger charge is -2.58. The van der Waals surface area contributed by atoms with Crippen LogP contribution in [-0.2, 0) is 23.9 Å². The van der Waals surface area contributed by atoms with Crippen LogP contribution in [0.15, 0.2) is 42.0 Å². The van der Waals surface area contributed by atoms with Crippen LogP contribution in [0.4, 0.5) is 0 Å².